The molecule has 12 rings (SSSR count). The lowest BCUT2D eigenvalue weighted by molar-refractivity contribution is 0.441. The highest BCUT2D eigenvalue weighted by molar-refractivity contribution is 6.08. The molecule has 2 aliphatic carbocycles. The summed E-state index contributed by atoms with van der Waals surface area (Å²) < 4.78 is 2.61. The Labute approximate surface area is 376 Å². The lowest BCUT2D eigenvalue weighted by atomic mass is 9.75. The van der Waals surface area contributed by atoms with Crippen molar-refractivity contribution in [3.63, 3.8) is 0 Å². The van der Waals surface area contributed by atoms with Crippen molar-refractivity contribution in [2.75, 3.05) is 0 Å². The number of fused-ring (bicyclic) bond motifs is 9. The Morgan fingerprint density at radius 3 is 1.75 bits per heavy atom. The van der Waals surface area contributed by atoms with Crippen molar-refractivity contribution in [2.24, 2.45) is 0 Å². The smallest absolute Gasteiger partial charge is 0.0702 e. The fraction of sp³-hybridized carbons (Fsp3) is 0.148. The van der Waals surface area contributed by atoms with Gasteiger partial charge in [-0.05, 0) is 130 Å². The van der Waals surface area contributed by atoms with Gasteiger partial charge in [0.05, 0.1) is 11.4 Å². The summed E-state index contributed by atoms with van der Waals surface area (Å²) in [6, 6.07) is 73.3. The molecule has 0 fully saturated rings. The van der Waals surface area contributed by atoms with Crippen LogP contribution in [-0.4, -0.2) is 14.5 Å². The molecular weight excluding hydrogens is 775 g/mol. The highest BCUT2D eigenvalue weighted by atomic mass is 15.0. The van der Waals surface area contributed by atoms with Gasteiger partial charge in [0.2, 0.25) is 0 Å². The van der Waals surface area contributed by atoms with Gasteiger partial charge in [-0.25, -0.2) is 0 Å². The number of rotatable bonds is 8. The van der Waals surface area contributed by atoms with Crippen LogP contribution in [0.4, 0.5) is 0 Å². The van der Waals surface area contributed by atoms with Crippen LogP contribution < -0.4 is 0 Å². The van der Waals surface area contributed by atoms with E-state index in [1.54, 1.807) is 0 Å². The highest BCUT2D eigenvalue weighted by Crippen LogP contribution is 2.56. The minimum Gasteiger partial charge on any atom is -0.337 e. The lowest BCUT2D eigenvalue weighted by Gasteiger charge is -2.27. The molecule has 310 valence electrons. The number of pyridine rings is 2. The quantitative estimate of drug-likeness (QED) is 0.153. The fourth-order valence-electron chi connectivity index (χ4n) is 10.9. The van der Waals surface area contributed by atoms with E-state index in [9.17, 15) is 0 Å². The van der Waals surface area contributed by atoms with E-state index in [4.69, 9.17) is 0 Å². The van der Waals surface area contributed by atoms with Crippen LogP contribution in [0.3, 0.4) is 0 Å². The molecule has 3 unspecified atom stereocenters. The average molecular weight is 826 g/mol. The summed E-state index contributed by atoms with van der Waals surface area (Å²) in [7, 11) is 0. The predicted octanol–water partition coefficient (Wildman–Crippen LogP) is 15.5. The van der Waals surface area contributed by atoms with Crippen LogP contribution in [0.1, 0.15) is 66.5 Å². The maximum absolute atomic E-state index is 4.65. The van der Waals surface area contributed by atoms with Gasteiger partial charge in [-0.1, -0.05) is 166 Å². The Hall–Kier alpha value is -7.36. The van der Waals surface area contributed by atoms with Crippen molar-refractivity contribution in [3.05, 3.63) is 240 Å². The van der Waals surface area contributed by atoms with Crippen LogP contribution >= 0.6 is 0 Å². The van der Waals surface area contributed by atoms with Crippen molar-refractivity contribution in [1.29, 1.82) is 0 Å². The van der Waals surface area contributed by atoms with E-state index in [1.807, 2.05) is 54.9 Å². The molecule has 3 aromatic heterocycles. The summed E-state index contributed by atoms with van der Waals surface area (Å²) in [6.45, 7) is 4.74. The zero-order chi connectivity index (χ0) is 43.0. The van der Waals surface area contributed by atoms with Crippen LogP contribution in [-0.2, 0) is 18.3 Å². The Balaban J connectivity index is 0.000000329. The zero-order valence-electron chi connectivity index (χ0n) is 36.5. The predicted molar refractivity (Wildman–Crippen MR) is 267 cm³/mol. The van der Waals surface area contributed by atoms with Gasteiger partial charge in [0.15, 0.2) is 0 Å². The molecule has 0 bridgehead atoms. The maximum atomic E-state index is 4.65. The van der Waals surface area contributed by atoms with Gasteiger partial charge in [-0.3, -0.25) is 9.97 Å². The number of nitrogens with zero attached hydrogens (tertiary/aromatic N) is 3. The molecule has 0 amide bonds. The van der Waals surface area contributed by atoms with Gasteiger partial charge in [0, 0.05) is 56.8 Å². The first-order valence-electron chi connectivity index (χ1n) is 22.9. The number of aromatic nitrogens is 3. The Kier molecular flexibility index (Phi) is 10.3. The lowest BCUT2D eigenvalue weighted by Crippen LogP contribution is -2.25. The van der Waals surface area contributed by atoms with Crippen molar-refractivity contribution >= 4 is 21.8 Å². The largest absolute Gasteiger partial charge is 0.337 e. The van der Waals surface area contributed by atoms with Crippen molar-refractivity contribution < 1.29 is 0 Å². The van der Waals surface area contributed by atoms with E-state index in [2.05, 4.69) is 186 Å². The second kappa shape index (κ2) is 16.7. The summed E-state index contributed by atoms with van der Waals surface area (Å²) in [5.41, 5.74) is 19.7. The fourth-order valence-corrected chi connectivity index (χ4v) is 10.9. The summed E-state index contributed by atoms with van der Waals surface area (Å²) in [5, 5.41) is 2.70. The third-order valence-electron chi connectivity index (χ3n) is 14.0. The first-order valence-corrected chi connectivity index (χ1v) is 22.9. The van der Waals surface area contributed by atoms with Gasteiger partial charge in [-0.2, -0.15) is 0 Å². The Bertz CT molecular complexity index is 3150. The Morgan fingerprint density at radius 1 is 0.484 bits per heavy atom. The molecule has 3 nitrogen and oxygen atoms in total. The molecule has 0 saturated carbocycles. The molecule has 0 saturated heterocycles. The van der Waals surface area contributed by atoms with Gasteiger partial charge in [-0.15, -0.1) is 0 Å². The second-order valence-corrected chi connectivity index (χ2v) is 17.7. The van der Waals surface area contributed by atoms with Crippen LogP contribution in [0.2, 0.25) is 0 Å². The van der Waals surface area contributed by atoms with Gasteiger partial charge >= 0.3 is 0 Å². The second-order valence-electron chi connectivity index (χ2n) is 17.7. The molecule has 2 aliphatic rings. The van der Waals surface area contributed by atoms with E-state index in [0.717, 1.165) is 42.6 Å². The molecule has 0 aliphatic heterocycles. The summed E-state index contributed by atoms with van der Waals surface area (Å²) in [5.74, 6) is 0.435. The van der Waals surface area contributed by atoms with Gasteiger partial charge in [0.25, 0.3) is 0 Å². The monoisotopic (exact) mass is 825 g/mol. The zero-order valence-corrected chi connectivity index (χ0v) is 36.5. The van der Waals surface area contributed by atoms with E-state index in [1.165, 1.54) is 77.4 Å². The standard InChI is InChI=1S/C50H42N2.C11H9N/c1-3-40(52-48-17-8-5-13-43(48)44-14-6-9-18-49(44)52)28-33(2)34-19-21-35(22-20-34)36-25-26-42-41-12-4-7-15-45(41)50(46(42)30-36)31-38-24-23-37(29-39(38)32-50)47-16-10-11-27-51-47;1-2-6-10(7-3-1)11-8-4-5-9-12-11/h4-27,29-30,33,40H,3,28,31-32H2,1-2H3;1-9H. The topological polar surface area (TPSA) is 30.7 Å². The van der Waals surface area contributed by atoms with E-state index in [0.29, 0.717) is 12.0 Å². The van der Waals surface area contributed by atoms with Crippen LogP contribution in [0, 0.1) is 0 Å². The van der Waals surface area contributed by atoms with E-state index in [-0.39, 0.29) is 5.41 Å². The molecular formula is C61H51N3. The third-order valence-corrected chi connectivity index (χ3v) is 14.0. The van der Waals surface area contributed by atoms with Crippen molar-refractivity contribution in [2.45, 2.75) is 56.9 Å². The summed E-state index contributed by atoms with van der Waals surface area (Å²) in [4.78, 5) is 8.90. The molecule has 3 heteroatoms. The number of para-hydroxylation sites is 2. The first kappa shape index (κ1) is 39.5. The molecule has 3 atom stereocenters. The SMILES string of the molecule is CCC(CC(C)c1ccc(-c2ccc3c(c2)C2(Cc4ccc(-c5ccccn5)cc4C2)c2ccccc2-3)cc1)n1c2ccccc2c2ccccc21.c1ccc(-c2ccccn2)cc1. The number of hydrogen-bond acceptors (Lipinski definition) is 2. The Morgan fingerprint density at radius 2 is 1.06 bits per heavy atom. The van der Waals surface area contributed by atoms with Crippen LogP contribution in [0.15, 0.2) is 213 Å². The summed E-state index contributed by atoms with van der Waals surface area (Å²) >= 11 is 0. The van der Waals surface area contributed by atoms with E-state index >= 15 is 0 Å². The number of hydrogen-bond donors (Lipinski definition) is 0. The minimum atomic E-state index is -0.0521. The maximum Gasteiger partial charge on any atom is 0.0702 e. The first-order chi connectivity index (χ1) is 31.6. The van der Waals surface area contributed by atoms with Crippen molar-refractivity contribution in [1.82, 2.24) is 14.5 Å². The average Bonchev–Trinajstić information content (AvgIpc) is 4.01. The molecule has 3 heterocycles. The van der Waals surface area contributed by atoms with Gasteiger partial charge < -0.3 is 4.57 Å². The minimum absolute atomic E-state index is 0.0521. The molecule has 10 aromatic rings. The highest BCUT2D eigenvalue weighted by Gasteiger charge is 2.47. The summed E-state index contributed by atoms with van der Waals surface area (Å²) in [6.07, 6.45) is 7.93. The third kappa shape index (κ3) is 7.02. The molecule has 7 aromatic carbocycles. The van der Waals surface area contributed by atoms with Crippen LogP contribution in [0.25, 0.3) is 66.6 Å². The molecule has 0 N–H and O–H groups in total. The molecule has 64 heavy (non-hydrogen) atoms. The molecule has 1 spiro atoms. The normalized spacial score (nSPS) is 15.6. The number of benzene rings is 7. The van der Waals surface area contributed by atoms with Crippen LogP contribution in [0.5, 0.6) is 0 Å². The molecule has 0 radical (unpaired) electrons. The van der Waals surface area contributed by atoms with Crippen molar-refractivity contribution in [3.8, 4) is 44.8 Å². The van der Waals surface area contributed by atoms with Gasteiger partial charge in [0.1, 0.15) is 0 Å². The van der Waals surface area contributed by atoms with E-state index < -0.39 is 0 Å².